The van der Waals surface area contributed by atoms with E-state index in [-0.39, 0.29) is 35.5 Å². The zero-order valence-corrected chi connectivity index (χ0v) is 26.8. The van der Waals surface area contributed by atoms with Crippen LogP contribution in [0.4, 0.5) is 5.69 Å². The molecule has 0 saturated carbocycles. The number of benzene rings is 3. The Morgan fingerprint density at radius 3 is 2.05 bits per heavy atom. The Morgan fingerprint density at radius 1 is 0.929 bits per heavy atom. The molecule has 2 unspecified atom stereocenters. The number of ether oxygens (including phenoxy) is 1. The Labute approximate surface area is 258 Å². The second-order valence-electron chi connectivity index (χ2n) is 9.99. The van der Waals surface area contributed by atoms with Gasteiger partial charge in [0.15, 0.2) is 0 Å². The van der Waals surface area contributed by atoms with Gasteiger partial charge in [-0.3, -0.25) is 13.9 Å². The summed E-state index contributed by atoms with van der Waals surface area (Å²) in [6, 6.07) is 16.7. The largest absolute Gasteiger partial charge is 0.497 e. The zero-order chi connectivity index (χ0) is 31.0. The molecule has 226 valence electrons. The number of anilines is 1. The van der Waals surface area contributed by atoms with Crippen LogP contribution in [0, 0.1) is 6.92 Å². The second-order valence-corrected chi connectivity index (χ2v) is 12.7. The minimum Gasteiger partial charge on any atom is -0.497 e. The van der Waals surface area contributed by atoms with Crippen LogP contribution in [0.2, 0.25) is 10.0 Å². The lowest BCUT2D eigenvalue weighted by Gasteiger charge is -2.34. The standard InChI is InChI=1S/C31H37Cl2N3O5S/c1-6-22(4)34-31(38)29(7-2)35(19-26-27(32)9-8-10-28(26)33)30(37)20-36(23-13-15-24(41-5)16-14-23)42(39,40)25-17-11-21(3)12-18-25/h8-18,22,29H,6-7,19-20H2,1-5H3,(H,34,38). The van der Waals surface area contributed by atoms with Crippen LogP contribution in [0.3, 0.4) is 0 Å². The first kappa shape index (κ1) is 33.2. The number of carbonyl (C=O) groups excluding carboxylic acids is 2. The molecule has 42 heavy (non-hydrogen) atoms. The van der Waals surface area contributed by atoms with Crippen molar-refractivity contribution in [1.82, 2.24) is 10.2 Å². The first-order valence-corrected chi connectivity index (χ1v) is 15.9. The van der Waals surface area contributed by atoms with Gasteiger partial charge in [-0.25, -0.2) is 8.42 Å². The number of halogens is 2. The molecule has 0 aliphatic rings. The summed E-state index contributed by atoms with van der Waals surface area (Å²) in [4.78, 5) is 29.0. The molecular formula is C31H37Cl2N3O5S. The third kappa shape index (κ3) is 7.96. The molecule has 3 aromatic rings. The third-order valence-corrected chi connectivity index (χ3v) is 9.52. The van der Waals surface area contributed by atoms with Crippen molar-refractivity contribution in [3.05, 3.63) is 87.9 Å². The summed E-state index contributed by atoms with van der Waals surface area (Å²) in [7, 11) is -2.69. The quantitative estimate of drug-likeness (QED) is 0.241. The van der Waals surface area contributed by atoms with E-state index in [0.29, 0.717) is 27.8 Å². The molecular weight excluding hydrogens is 597 g/mol. The highest BCUT2D eigenvalue weighted by Gasteiger charge is 2.34. The molecule has 0 heterocycles. The maximum atomic E-state index is 14.2. The summed E-state index contributed by atoms with van der Waals surface area (Å²) < 4.78 is 34.2. The predicted molar refractivity (Wildman–Crippen MR) is 168 cm³/mol. The van der Waals surface area contributed by atoms with Gasteiger partial charge in [0.25, 0.3) is 10.0 Å². The van der Waals surface area contributed by atoms with Crippen LogP contribution in [0.1, 0.15) is 44.7 Å². The summed E-state index contributed by atoms with van der Waals surface area (Å²) in [6.45, 7) is 6.80. The van der Waals surface area contributed by atoms with E-state index in [0.717, 1.165) is 9.87 Å². The summed E-state index contributed by atoms with van der Waals surface area (Å²) >= 11 is 12.9. The molecule has 0 fully saturated rings. The Bertz CT molecular complexity index is 1460. The van der Waals surface area contributed by atoms with Crippen LogP contribution in [0.5, 0.6) is 5.75 Å². The third-order valence-electron chi connectivity index (χ3n) is 7.03. The number of amides is 2. The van der Waals surface area contributed by atoms with Crippen molar-refractivity contribution in [3.8, 4) is 5.75 Å². The smallest absolute Gasteiger partial charge is 0.264 e. The van der Waals surface area contributed by atoms with Crippen molar-refractivity contribution in [3.63, 3.8) is 0 Å². The Kier molecular flexibility index (Phi) is 11.7. The SMILES string of the molecule is CCC(C)NC(=O)C(CC)N(Cc1c(Cl)cccc1Cl)C(=O)CN(c1ccc(OC)cc1)S(=O)(=O)c1ccc(C)cc1. The van der Waals surface area contributed by atoms with Crippen LogP contribution in [0.15, 0.2) is 71.6 Å². The Hall–Kier alpha value is -3.27. The normalized spacial score (nSPS) is 12.7. The fourth-order valence-electron chi connectivity index (χ4n) is 4.33. The van der Waals surface area contributed by atoms with Crippen LogP contribution >= 0.6 is 23.2 Å². The average molecular weight is 635 g/mol. The average Bonchev–Trinajstić information content (AvgIpc) is 2.97. The van der Waals surface area contributed by atoms with Crippen molar-refractivity contribution in [2.75, 3.05) is 18.0 Å². The van der Waals surface area contributed by atoms with E-state index in [1.165, 1.54) is 24.1 Å². The molecule has 0 aliphatic carbocycles. The molecule has 0 aliphatic heterocycles. The molecule has 8 nitrogen and oxygen atoms in total. The highest BCUT2D eigenvalue weighted by atomic mass is 35.5. The van der Waals surface area contributed by atoms with E-state index in [2.05, 4.69) is 5.32 Å². The van der Waals surface area contributed by atoms with Crippen LogP contribution in [-0.2, 0) is 26.2 Å². The molecule has 0 saturated heterocycles. The maximum Gasteiger partial charge on any atom is 0.264 e. The monoisotopic (exact) mass is 633 g/mol. The lowest BCUT2D eigenvalue weighted by Crippen LogP contribution is -2.53. The maximum absolute atomic E-state index is 14.2. The van der Waals surface area contributed by atoms with Crippen LogP contribution < -0.4 is 14.4 Å². The number of hydrogen-bond donors (Lipinski definition) is 1. The number of sulfonamides is 1. The highest BCUT2D eigenvalue weighted by molar-refractivity contribution is 7.92. The molecule has 0 bridgehead atoms. The fourth-order valence-corrected chi connectivity index (χ4v) is 6.26. The van der Waals surface area contributed by atoms with Gasteiger partial charge in [0.1, 0.15) is 18.3 Å². The summed E-state index contributed by atoms with van der Waals surface area (Å²) in [5, 5.41) is 3.61. The van der Waals surface area contributed by atoms with Gasteiger partial charge in [-0.1, -0.05) is 60.8 Å². The summed E-state index contributed by atoms with van der Waals surface area (Å²) in [6.07, 6.45) is 0.982. The molecule has 3 aromatic carbocycles. The van der Waals surface area contributed by atoms with Crippen molar-refractivity contribution in [2.45, 2.75) is 64.1 Å². The number of nitrogens with one attached hydrogen (secondary N) is 1. The zero-order valence-electron chi connectivity index (χ0n) is 24.4. The predicted octanol–water partition coefficient (Wildman–Crippen LogP) is 6.23. The van der Waals surface area contributed by atoms with Crippen molar-refractivity contribution < 1.29 is 22.7 Å². The molecule has 1 N–H and O–H groups in total. The van der Waals surface area contributed by atoms with Crippen molar-refractivity contribution in [1.29, 1.82) is 0 Å². The van der Waals surface area contributed by atoms with E-state index in [9.17, 15) is 18.0 Å². The van der Waals surface area contributed by atoms with Crippen LogP contribution in [-0.4, -0.2) is 50.9 Å². The van der Waals surface area contributed by atoms with E-state index < -0.39 is 28.5 Å². The lowest BCUT2D eigenvalue weighted by atomic mass is 10.1. The van der Waals surface area contributed by atoms with Crippen LogP contribution in [0.25, 0.3) is 0 Å². The number of rotatable bonds is 13. The minimum atomic E-state index is -4.19. The van der Waals surface area contributed by atoms with Gasteiger partial charge in [0, 0.05) is 28.2 Å². The first-order chi connectivity index (χ1) is 19.9. The van der Waals surface area contributed by atoms with Gasteiger partial charge in [-0.15, -0.1) is 0 Å². The Balaban J connectivity index is 2.10. The molecule has 0 radical (unpaired) electrons. The molecule has 0 spiro atoms. The van der Waals surface area contributed by atoms with E-state index in [1.807, 2.05) is 20.8 Å². The fraction of sp³-hybridized carbons (Fsp3) is 0.355. The molecule has 3 rings (SSSR count). The second kappa shape index (κ2) is 14.8. The van der Waals surface area contributed by atoms with Gasteiger partial charge >= 0.3 is 0 Å². The van der Waals surface area contributed by atoms with E-state index >= 15 is 0 Å². The topological polar surface area (TPSA) is 96.0 Å². The molecule has 2 amide bonds. The van der Waals surface area contributed by atoms with Gasteiger partial charge in [-0.2, -0.15) is 0 Å². The number of hydrogen-bond acceptors (Lipinski definition) is 5. The number of aryl methyl sites for hydroxylation is 1. The molecule has 2 atom stereocenters. The van der Waals surface area contributed by atoms with Crippen molar-refractivity contribution in [2.24, 2.45) is 0 Å². The molecule has 0 aromatic heterocycles. The summed E-state index contributed by atoms with van der Waals surface area (Å²) in [5.41, 5.74) is 1.61. The lowest BCUT2D eigenvalue weighted by molar-refractivity contribution is -0.140. The number of methoxy groups -OCH3 is 1. The first-order valence-electron chi connectivity index (χ1n) is 13.7. The van der Waals surface area contributed by atoms with Gasteiger partial charge in [0.2, 0.25) is 11.8 Å². The van der Waals surface area contributed by atoms with E-state index in [1.54, 1.807) is 61.5 Å². The Morgan fingerprint density at radius 2 is 1.52 bits per heavy atom. The summed E-state index contributed by atoms with van der Waals surface area (Å²) in [5.74, 6) is -0.412. The van der Waals surface area contributed by atoms with Gasteiger partial charge in [-0.05, 0) is 75.2 Å². The minimum absolute atomic E-state index is 0.0268. The molecule has 11 heteroatoms. The highest BCUT2D eigenvalue weighted by Crippen LogP contribution is 2.29. The van der Waals surface area contributed by atoms with Crippen molar-refractivity contribution >= 4 is 50.7 Å². The number of carbonyl (C=O) groups is 2. The van der Waals surface area contributed by atoms with Gasteiger partial charge in [0.05, 0.1) is 17.7 Å². The van der Waals surface area contributed by atoms with Gasteiger partial charge < -0.3 is 15.0 Å². The number of nitrogens with zero attached hydrogens (tertiary/aromatic N) is 2. The van der Waals surface area contributed by atoms with E-state index in [4.69, 9.17) is 27.9 Å².